The molecule has 1 heterocycles. The Morgan fingerprint density at radius 2 is 2.19 bits per heavy atom. The van der Waals surface area contributed by atoms with Gasteiger partial charge in [0, 0.05) is 32.3 Å². The van der Waals surface area contributed by atoms with E-state index in [1.54, 1.807) is 0 Å². The topological polar surface area (TPSA) is 24.5 Å². The third-order valence-corrected chi connectivity index (χ3v) is 4.68. The van der Waals surface area contributed by atoms with Gasteiger partial charge in [0.2, 0.25) is 0 Å². The monoisotopic (exact) mass is 308 g/mol. The van der Waals surface area contributed by atoms with Crippen LogP contribution >= 0.6 is 11.6 Å². The van der Waals surface area contributed by atoms with Gasteiger partial charge >= 0.3 is 0 Å². The molecular formula is C17H25ClN2O. The van der Waals surface area contributed by atoms with Crippen LogP contribution in [-0.2, 0) is 11.3 Å². The quantitative estimate of drug-likeness (QED) is 0.833. The number of hydrogen-bond acceptors (Lipinski definition) is 3. The van der Waals surface area contributed by atoms with Crippen molar-refractivity contribution in [2.24, 2.45) is 0 Å². The highest BCUT2D eigenvalue weighted by Crippen LogP contribution is 2.32. The SMILES string of the molecule is CCN(CC1CCCO1)c1c(Cl)cccc1CNC1CC1. The van der Waals surface area contributed by atoms with Gasteiger partial charge in [-0.15, -0.1) is 0 Å². The molecule has 1 aromatic rings. The van der Waals surface area contributed by atoms with Gasteiger partial charge < -0.3 is 15.0 Å². The first-order valence-electron chi connectivity index (χ1n) is 8.15. The van der Waals surface area contributed by atoms with E-state index in [0.29, 0.717) is 12.1 Å². The minimum atomic E-state index is 0.352. The lowest BCUT2D eigenvalue weighted by Gasteiger charge is -2.29. The van der Waals surface area contributed by atoms with Gasteiger partial charge in [0.05, 0.1) is 16.8 Å². The van der Waals surface area contributed by atoms with E-state index in [2.05, 4.69) is 29.3 Å². The molecule has 21 heavy (non-hydrogen) atoms. The molecule has 0 spiro atoms. The van der Waals surface area contributed by atoms with Crippen molar-refractivity contribution in [3.05, 3.63) is 28.8 Å². The van der Waals surface area contributed by atoms with Crippen LogP contribution in [0.3, 0.4) is 0 Å². The first-order chi connectivity index (χ1) is 10.3. The molecule has 0 amide bonds. The van der Waals surface area contributed by atoms with Crippen molar-refractivity contribution in [3.63, 3.8) is 0 Å². The Labute approximate surface area is 132 Å². The summed E-state index contributed by atoms with van der Waals surface area (Å²) in [6.07, 6.45) is 5.31. The third kappa shape index (κ3) is 3.91. The summed E-state index contributed by atoms with van der Waals surface area (Å²) in [6.45, 7) is 5.90. The smallest absolute Gasteiger partial charge is 0.0750 e. The molecule has 3 rings (SSSR count). The first kappa shape index (κ1) is 15.1. The summed E-state index contributed by atoms with van der Waals surface area (Å²) in [7, 11) is 0. The van der Waals surface area contributed by atoms with Crippen LogP contribution in [0.4, 0.5) is 5.69 Å². The van der Waals surface area contributed by atoms with Gasteiger partial charge in [0.1, 0.15) is 0 Å². The van der Waals surface area contributed by atoms with Crippen molar-refractivity contribution < 1.29 is 4.74 Å². The number of para-hydroxylation sites is 1. The molecule has 1 aliphatic carbocycles. The van der Waals surface area contributed by atoms with E-state index in [-0.39, 0.29) is 0 Å². The third-order valence-electron chi connectivity index (χ3n) is 4.37. The van der Waals surface area contributed by atoms with Crippen molar-refractivity contribution in [1.82, 2.24) is 5.32 Å². The van der Waals surface area contributed by atoms with Crippen LogP contribution in [0.25, 0.3) is 0 Å². The zero-order chi connectivity index (χ0) is 14.7. The van der Waals surface area contributed by atoms with Gasteiger partial charge in [-0.3, -0.25) is 0 Å². The predicted molar refractivity (Wildman–Crippen MR) is 88.2 cm³/mol. The second kappa shape index (κ2) is 6.99. The Kier molecular flexibility index (Phi) is 5.04. The number of halogens is 1. The Balaban J connectivity index is 1.75. The number of likely N-dealkylation sites (N-methyl/N-ethyl adjacent to an activating group) is 1. The molecule has 2 fully saturated rings. The average molecular weight is 309 g/mol. The molecule has 1 saturated carbocycles. The molecule has 0 bridgehead atoms. The molecule has 3 nitrogen and oxygen atoms in total. The van der Waals surface area contributed by atoms with Crippen LogP contribution < -0.4 is 10.2 Å². The van der Waals surface area contributed by atoms with Crippen molar-refractivity contribution >= 4 is 17.3 Å². The molecule has 1 N–H and O–H groups in total. The van der Waals surface area contributed by atoms with Gasteiger partial charge in [0.15, 0.2) is 0 Å². The van der Waals surface area contributed by atoms with Gasteiger partial charge in [-0.05, 0) is 44.2 Å². The number of ether oxygens (including phenoxy) is 1. The van der Waals surface area contributed by atoms with Gasteiger partial charge in [-0.1, -0.05) is 23.7 Å². The minimum Gasteiger partial charge on any atom is -0.376 e. The summed E-state index contributed by atoms with van der Waals surface area (Å²) >= 11 is 6.51. The molecule has 1 aromatic carbocycles. The highest BCUT2D eigenvalue weighted by atomic mass is 35.5. The van der Waals surface area contributed by atoms with Crippen LogP contribution in [0.2, 0.25) is 5.02 Å². The largest absolute Gasteiger partial charge is 0.376 e. The van der Waals surface area contributed by atoms with E-state index in [9.17, 15) is 0 Å². The minimum absolute atomic E-state index is 0.352. The Hall–Kier alpha value is -0.770. The fourth-order valence-electron chi connectivity index (χ4n) is 3.01. The van der Waals surface area contributed by atoms with E-state index in [0.717, 1.165) is 37.7 Å². The molecule has 0 aromatic heterocycles. The standard InChI is InChI=1S/C17H25ClN2O/c1-2-20(12-15-6-4-10-21-15)17-13(5-3-7-16(17)18)11-19-14-8-9-14/h3,5,7,14-15,19H,2,4,6,8-12H2,1H3. The van der Waals surface area contributed by atoms with Gasteiger partial charge in [-0.25, -0.2) is 0 Å². The molecule has 0 radical (unpaired) electrons. The fraction of sp³-hybridized carbons (Fsp3) is 0.647. The molecule has 1 atom stereocenters. The van der Waals surface area contributed by atoms with E-state index in [1.807, 2.05) is 6.07 Å². The van der Waals surface area contributed by atoms with Crippen LogP contribution in [0, 0.1) is 0 Å². The summed E-state index contributed by atoms with van der Waals surface area (Å²) in [5.74, 6) is 0. The molecule has 1 unspecified atom stereocenters. The first-order valence-corrected chi connectivity index (χ1v) is 8.53. The number of benzene rings is 1. The van der Waals surface area contributed by atoms with E-state index in [4.69, 9.17) is 16.3 Å². The number of nitrogens with one attached hydrogen (secondary N) is 1. The van der Waals surface area contributed by atoms with Gasteiger partial charge in [-0.2, -0.15) is 0 Å². The molecule has 4 heteroatoms. The summed E-state index contributed by atoms with van der Waals surface area (Å²) in [5.41, 5.74) is 2.49. The maximum atomic E-state index is 6.51. The Morgan fingerprint density at radius 3 is 2.86 bits per heavy atom. The second-order valence-electron chi connectivity index (χ2n) is 6.08. The molecule has 1 saturated heterocycles. The fourth-order valence-corrected chi connectivity index (χ4v) is 3.32. The number of anilines is 1. The van der Waals surface area contributed by atoms with Crippen molar-refractivity contribution in [2.45, 2.75) is 51.3 Å². The number of rotatable bonds is 7. The maximum Gasteiger partial charge on any atom is 0.0750 e. The number of hydrogen-bond donors (Lipinski definition) is 1. The van der Waals surface area contributed by atoms with Crippen molar-refractivity contribution in [2.75, 3.05) is 24.6 Å². The lowest BCUT2D eigenvalue weighted by atomic mass is 10.1. The lowest BCUT2D eigenvalue weighted by molar-refractivity contribution is 0.115. The van der Waals surface area contributed by atoms with Crippen LogP contribution in [-0.4, -0.2) is 31.8 Å². The summed E-state index contributed by atoms with van der Waals surface area (Å²) < 4.78 is 5.79. The second-order valence-corrected chi connectivity index (χ2v) is 6.48. The van der Waals surface area contributed by atoms with Crippen molar-refractivity contribution in [1.29, 1.82) is 0 Å². The summed E-state index contributed by atoms with van der Waals surface area (Å²) in [4.78, 5) is 2.38. The highest BCUT2D eigenvalue weighted by Gasteiger charge is 2.23. The van der Waals surface area contributed by atoms with Crippen molar-refractivity contribution in [3.8, 4) is 0 Å². The van der Waals surface area contributed by atoms with E-state index >= 15 is 0 Å². The van der Waals surface area contributed by atoms with Gasteiger partial charge in [0.25, 0.3) is 0 Å². The normalized spacial score (nSPS) is 21.7. The van der Waals surface area contributed by atoms with Crippen LogP contribution in [0.5, 0.6) is 0 Å². The summed E-state index contributed by atoms with van der Waals surface area (Å²) in [6, 6.07) is 6.95. The van der Waals surface area contributed by atoms with Crippen LogP contribution in [0.15, 0.2) is 18.2 Å². The zero-order valence-corrected chi connectivity index (χ0v) is 13.5. The van der Waals surface area contributed by atoms with E-state index < -0.39 is 0 Å². The lowest BCUT2D eigenvalue weighted by Crippen LogP contribution is -2.33. The molecule has 2 aliphatic rings. The zero-order valence-electron chi connectivity index (χ0n) is 12.8. The predicted octanol–water partition coefficient (Wildman–Crippen LogP) is 3.60. The highest BCUT2D eigenvalue weighted by molar-refractivity contribution is 6.33. The number of nitrogens with zero attached hydrogens (tertiary/aromatic N) is 1. The summed E-state index contributed by atoms with van der Waals surface area (Å²) in [5, 5.41) is 4.45. The maximum absolute atomic E-state index is 6.51. The molecular weight excluding hydrogens is 284 g/mol. The average Bonchev–Trinajstić information content (AvgIpc) is 3.18. The van der Waals surface area contributed by atoms with E-state index in [1.165, 1.54) is 30.5 Å². The Bertz CT molecular complexity index is 470. The molecule has 116 valence electrons. The van der Waals surface area contributed by atoms with Crippen LogP contribution in [0.1, 0.15) is 38.2 Å². The molecule has 1 aliphatic heterocycles. The Morgan fingerprint density at radius 1 is 1.33 bits per heavy atom.